The zero-order chi connectivity index (χ0) is 10.6. The standard InChI is InChI=1S/C9H7FN2O2/c1-6(13)12-14-9-4-8(10)3-2-7(9)5-11/h2-4H,1H3,(H,12,13). The van der Waals surface area contributed by atoms with Gasteiger partial charge in [-0.2, -0.15) is 10.7 Å². The van der Waals surface area contributed by atoms with E-state index in [0.717, 1.165) is 12.1 Å². The van der Waals surface area contributed by atoms with Gasteiger partial charge >= 0.3 is 0 Å². The van der Waals surface area contributed by atoms with Gasteiger partial charge in [-0.05, 0) is 12.1 Å². The van der Waals surface area contributed by atoms with E-state index in [9.17, 15) is 9.18 Å². The molecule has 5 heteroatoms. The third-order valence-corrected chi connectivity index (χ3v) is 1.37. The van der Waals surface area contributed by atoms with Gasteiger partial charge in [0.25, 0.3) is 0 Å². The van der Waals surface area contributed by atoms with Crippen molar-refractivity contribution >= 4 is 5.91 Å². The molecular weight excluding hydrogens is 187 g/mol. The summed E-state index contributed by atoms with van der Waals surface area (Å²) in [6.07, 6.45) is 0. The molecule has 0 fully saturated rings. The highest BCUT2D eigenvalue weighted by Gasteiger charge is 2.05. The summed E-state index contributed by atoms with van der Waals surface area (Å²) in [5, 5.41) is 8.61. The van der Waals surface area contributed by atoms with Gasteiger partial charge in [0, 0.05) is 13.0 Å². The summed E-state index contributed by atoms with van der Waals surface area (Å²) in [4.78, 5) is 15.2. The second-order valence-electron chi connectivity index (χ2n) is 2.51. The second kappa shape index (κ2) is 4.23. The Hall–Kier alpha value is -2.09. The van der Waals surface area contributed by atoms with Crippen LogP contribution in [0.4, 0.5) is 4.39 Å². The molecule has 0 aliphatic rings. The molecule has 0 aliphatic heterocycles. The Morgan fingerprint density at radius 1 is 1.64 bits per heavy atom. The normalized spacial score (nSPS) is 8.93. The number of carbonyl (C=O) groups excluding carboxylic acids is 1. The molecule has 0 bridgehead atoms. The average Bonchev–Trinajstić information content (AvgIpc) is 2.15. The van der Waals surface area contributed by atoms with E-state index in [-0.39, 0.29) is 11.3 Å². The van der Waals surface area contributed by atoms with Gasteiger partial charge in [-0.25, -0.2) is 4.39 Å². The first-order valence-electron chi connectivity index (χ1n) is 3.76. The largest absolute Gasteiger partial charge is 0.378 e. The predicted molar refractivity (Wildman–Crippen MR) is 45.6 cm³/mol. The topological polar surface area (TPSA) is 62.1 Å². The molecule has 0 heterocycles. The van der Waals surface area contributed by atoms with Gasteiger partial charge in [0.15, 0.2) is 5.75 Å². The third-order valence-electron chi connectivity index (χ3n) is 1.37. The molecule has 0 atom stereocenters. The molecule has 1 aromatic rings. The maximum Gasteiger partial charge on any atom is 0.249 e. The smallest absolute Gasteiger partial charge is 0.249 e. The van der Waals surface area contributed by atoms with Crippen LogP contribution in [0.5, 0.6) is 5.75 Å². The van der Waals surface area contributed by atoms with Crippen LogP contribution in [0.2, 0.25) is 0 Å². The number of hydroxylamine groups is 1. The van der Waals surface area contributed by atoms with E-state index in [1.54, 1.807) is 6.07 Å². The van der Waals surface area contributed by atoms with Crippen LogP contribution in [0.15, 0.2) is 18.2 Å². The number of halogens is 1. The van der Waals surface area contributed by atoms with Crippen molar-refractivity contribution in [1.29, 1.82) is 5.26 Å². The Morgan fingerprint density at radius 3 is 2.93 bits per heavy atom. The molecule has 0 radical (unpaired) electrons. The van der Waals surface area contributed by atoms with E-state index in [4.69, 9.17) is 10.1 Å². The number of nitrogens with one attached hydrogen (secondary N) is 1. The predicted octanol–water partition coefficient (Wildman–Crippen LogP) is 1.13. The minimum absolute atomic E-state index is 0.0114. The zero-order valence-electron chi connectivity index (χ0n) is 7.37. The zero-order valence-corrected chi connectivity index (χ0v) is 7.37. The molecular formula is C9H7FN2O2. The van der Waals surface area contributed by atoms with E-state index in [1.165, 1.54) is 13.0 Å². The lowest BCUT2D eigenvalue weighted by atomic mass is 10.2. The fourth-order valence-electron chi connectivity index (χ4n) is 0.800. The van der Waals surface area contributed by atoms with Crippen LogP contribution in [0.1, 0.15) is 12.5 Å². The number of carbonyl (C=O) groups is 1. The van der Waals surface area contributed by atoms with Crippen molar-refractivity contribution in [3.63, 3.8) is 0 Å². The van der Waals surface area contributed by atoms with Gasteiger partial charge in [-0.15, -0.1) is 0 Å². The minimum atomic E-state index is -0.538. The lowest BCUT2D eigenvalue weighted by molar-refractivity contribution is -0.125. The number of benzene rings is 1. The van der Waals surface area contributed by atoms with Crippen LogP contribution in [0, 0.1) is 17.1 Å². The van der Waals surface area contributed by atoms with Crippen LogP contribution in [-0.4, -0.2) is 5.91 Å². The average molecular weight is 194 g/mol. The molecule has 1 rings (SSSR count). The summed E-state index contributed by atoms with van der Waals surface area (Å²) in [7, 11) is 0. The van der Waals surface area contributed by atoms with Crippen molar-refractivity contribution in [1.82, 2.24) is 5.48 Å². The van der Waals surface area contributed by atoms with Crippen molar-refractivity contribution in [2.45, 2.75) is 6.92 Å². The first-order valence-corrected chi connectivity index (χ1v) is 3.76. The molecule has 1 amide bonds. The fourth-order valence-corrected chi connectivity index (χ4v) is 0.800. The monoisotopic (exact) mass is 194 g/mol. The van der Waals surface area contributed by atoms with Gasteiger partial charge < -0.3 is 4.84 Å². The highest BCUT2D eigenvalue weighted by molar-refractivity contribution is 5.71. The molecule has 14 heavy (non-hydrogen) atoms. The molecule has 0 saturated carbocycles. The SMILES string of the molecule is CC(=O)NOc1cc(F)ccc1C#N. The molecule has 1 N–H and O–H groups in total. The molecule has 0 saturated heterocycles. The lowest BCUT2D eigenvalue weighted by Gasteiger charge is -2.05. The molecule has 0 aromatic heterocycles. The van der Waals surface area contributed by atoms with Crippen LogP contribution in [-0.2, 0) is 4.79 Å². The highest BCUT2D eigenvalue weighted by atomic mass is 19.1. The first kappa shape index (κ1) is 9.99. The van der Waals surface area contributed by atoms with Crippen molar-refractivity contribution < 1.29 is 14.0 Å². The van der Waals surface area contributed by atoms with E-state index in [1.807, 2.05) is 5.48 Å². The van der Waals surface area contributed by atoms with Gasteiger partial charge in [0.1, 0.15) is 11.9 Å². The van der Waals surface area contributed by atoms with Crippen molar-refractivity contribution in [3.05, 3.63) is 29.6 Å². The summed E-state index contributed by atoms with van der Waals surface area (Å²) < 4.78 is 12.7. The van der Waals surface area contributed by atoms with Crippen molar-refractivity contribution in [2.24, 2.45) is 0 Å². The number of hydrogen-bond acceptors (Lipinski definition) is 3. The van der Waals surface area contributed by atoms with Crippen LogP contribution >= 0.6 is 0 Å². The van der Waals surface area contributed by atoms with Gasteiger partial charge in [-0.1, -0.05) is 0 Å². The second-order valence-corrected chi connectivity index (χ2v) is 2.51. The molecule has 0 spiro atoms. The van der Waals surface area contributed by atoms with Gasteiger partial charge in [-0.3, -0.25) is 4.79 Å². The van der Waals surface area contributed by atoms with E-state index in [2.05, 4.69) is 0 Å². The number of rotatable bonds is 2. The van der Waals surface area contributed by atoms with E-state index in [0.29, 0.717) is 0 Å². The van der Waals surface area contributed by atoms with Crippen molar-refractivity contribution in [2.75, 3.05) is 0 Å². The van der Waals surface area contributed by atoms with Crippen LogP contribution < -0.4 is 10.3 Å². The lowest BCUT2D eigenvalue weighted by Crippen LogP contribution is -2.24. The molecule has 1 aromatic carbocycles. The fraction of sp³-hybridized carbons (Fsp3) is 0.111. The summed E-state index contributed by atoms with van der Waals surface area (Å²) in [5.41, 5.74) is 2.16. The summed E-state index contributed by atoms with van der Waals surface area (Å²) in [6, 6.07) is 5.23. The van der Waals surface area contributed by atoms with Crippen molar-refractivity contribution in [3.8, 4) is 11.8 Å². The Kier molecular flexibility index (Phi) is 3.02. The summed E-state index contributed by atoms with van der Waals surface area (Å²) in [5.74, 6) is -0.981. The van der Waals surface area contributed by atoms with Gasteiger partial charge in [0.05, 0.1) is 5.56 Å². The maximum atomic E-state index is 12.7. The summed E-state index contributed by atoms with van der Waals surface area (Å²) in [6.45, 7) is 1.24. The Balaban J connectivity index is 2.89. The number of nitriles is 1. The first-order chi connectivity index (χ1) is 6.63. The van der Waals surface area contributed by atoms with Gasteiger partial charge in [0.2, 0.25) is 5.91 Å². The maximum absolute atomic E-state index is 12.7. The quantitative estimate of drug-likeness (QED) is 0.718. The van der Waals surface area contributed by atoms with E-state index >= 15 is 0 Å². The number of amides is 1. The minimum Gasteiger partial charge on any atom is -0.378 e. The third kappa shape index (κ3) is 2.45. The molecule has 0 aliphatic carbocycles. The Morgan fingerprint density at radius 2 is 2.36 bits per heavy atom. The molecule has 72 valence electrons. The molecule has 4 nitrogen and oxygen atoms in total. The van der Waals surface area contributed by atoms with Crippen LogP contribution in [0.3, 0.4) is 0 Å². The van der Waals surface area contributed by atoms with Crippen LogP contribution in [0.25, 0.3) is 0 Å². The Bertz CT molecular complexity index is 398. The number of hydrogen-bond donors (Lipinski definition) is 1. The Labute approximate surface area is 79.9 Å². The van der Waals surface area contributed by atoms with E-state index < -0.39 is 11.7 Å². The molecule has 0 unspecified atom stereocenters. The highest BCUT2D eigenvalue weighted by Crippen LogP contribution is 2.17. The number of nitrogens with zero attached hydrogens (tertiary/aromatic N) is 1. The summed E-state index contributed by atoms with van der Waals surface area (Å²) >= 11 is 0.